The second-order valence-corrected chi connectivity index (χ2v) is 7.76. The molecule has 0 saturated carbocycles. The Balaban J connectivity index is 1.76. The van der Waals surface area contributed by atoms with Gasteiger partial charge in [0.15, 0.2) is 4.96 Å². The summed E-state index contributed by atoms with van der Waals surface area (Å²) < 4.78 is 8.03. The van der Waals surface area contributed by atoms with Gasteiger partial charge in [-0.2, -0.15) is 0 Å². The van der Waals surface area contributed by atoms with Gasteiger partial charge in [0, 0.05) is 11.1 Å². The standard InChI is InChI=1S/C24H16N2O3S/c1-29-17-13-11-15(12-14-17)20-21(23(28)22(27)16-7-3-2-4-8-16)26-18-9-5-6-10-19(18)30-24(26)25-20/h2-14H,1H3. The molecule has 5 aromatic rings. The van der Waals surface area contributed by atoms with Gasteiger partial charge in [0.2, 0.25) is 5.78 Å². The number of Topliss-reactive ketones (excluding diaryl/α,β-unsaturated/α-hetero) is 2. The molecule has 0 bridgehead atoms. The van der Waals surface area contributed by atoms with Crippen LogP contribution in [0.1, 0.15) is 20.8 Å². The van der Waals surface area contributed by atoms with Crippen molar-refractivity contribution in [1.82, 2.24) is 9.38 Å². The quantitative estimate of drug-likeness (QED) is 0.291. The molecule has 3 aromatic carbocycles. The van der Waals surface area contributed by atoms with Crippen molar-refractivity contribution in [3.8, 4) is 17.0 Å². The molecule has 0 aliphatic heterocycles. The average Bonchev–Trinajstić information content (AvgIpc) is 3.35. The van der Waals surface area contributed by atoms with Crippen LogP contribution < -0.4 is 4.74 Å². The molecule has 146 valence electrons. The topological polar surface area (TPSA) is 60.7 Å². The third-order valence-electron chi connectivity index (χ3n) is 4.97. The van der Waals surface area contributed by atoms with E-state index in [-0.39, 0.29) is 5.69 Å². The van der Waals surface area contributed by atoms with E-state index >= 15 is 0 Å². The summed E-state index contributed by atoms with van der Waals surface area (Å²) >= 11 is 1.49. The van der Waals surface area contributed by atoms with Crippen molar-refractivity contribution in [2.24, 2.45) is 0 Å². The summed E-state index contributed by atoms with van der Waals surface area (Å²) in [7, 11) is 1.60. The highest BCUT2D eigenvalue weighted by Gasteiger charge is 2.28. The molecule has 0 fully saturated rings. The van der Waals surface area contributed by atoms with Gasteiger partial charge in [-0.3, -0.25) is 14.0 Å². The molecule has 0 N–H and O–H groups in total. The van der Waals surface area contributed by atoms with Crippen LogP contribution in [-0.4, -0.2) is 28.1 Å². The third-order valence-corrected chi connectivity index (χ3v) is 6.00. The summed E-state index contributed by atoms with van der Waals surface area (Å²) in [6, 6.07) is 23.7. The minimum atomic E-state index is -0.580. The summed E-state index contributed by atoms with van der Waals surface area (Å²) in [6.07, 6.45) is 0. The number of para-hydroxylation sites is 1. The fraction of sp³-hybridized carbons (Fsp3) is 0.0417. The van der Waals surface area contributed by atoms with Crippen LogP contribution in [0.25, 0.3) is 26.4 Å². The van der Waals surface area contributed by atoms with Crippen molar-refractivity contribution in [2.75, 3.05) is 7.11 Å². The molecule has 0 atom stereocenters. The van der Waals surface area contributed by atoms with Crippen LogP contribution in [0, 0.1) is 0 Å². The molecule has 5 nitrogen and oxygen atoms in total. The Labute approximate surface area is 176 Å². The first-order valence-electron chi connectivity index (χ1n) is 9.36. The number of hydrogen-bond donors (Lipinski definition) is 0. The Hall–Kier alpha value is -3.77. The van der Waals surface area contributed by atoms with Crippen LogP contribution in [0.15, 0.2) is 78.9 Å². The lowest BCUT2D eigenvalue weighted by Gasteiger charge is -2.06. The minimum absolute atomic E-state index is 0.279. The highest BCUT2D eigenvalue weighted by Crippen LogP contribution is 2.34. The van der Waals surface area contributed by atoms with Gasteiger partial charge in [-0.15, -0.1) is 0 Å². The number of nitrogens with zero attached hydrogens (tertiary/aromatic N) is 2. The zero-order valence-electron chi connectivity index (χ0n) is 16.0. The van der Waals surface area contributed by atoms with Crippen molar-refractivity contribution in [1.29, 1.82) is 0 Å². The molecule has 6 heteroatoms. The maximum Gasteiger partial charge on any atom is 0.252 e. The third kappa shape index (κ3) is 2.89. The first kappa shape index (κ1) is 18.3. The number of carbonyl (C=O) groups excluding carboxylic acids is 2. The largest absolute Gasteiger partial charge is 0.497 e. The smallest absolute Gasteiger partial charge is 0.252 e. The van der Waals surface area contributed by atoms with Gasteiger partial charge in [0.05, 0.1) is 17.3 Å². The van der Waals surface area contributed by atoms with Gasteiger partial charge < -0.3 is 4.74 Å². The molecule has 2 heterocycles. The normalized spacial score (nSPS) is 11.1. The van der Waals surface area contributed by atoms with Crippen molar-refractivity contribution < 1.29 is 14.3 Å². The number of methoxy groups -OCH3 is 1. The van der Waals surface area contributed by atoms with Gasteiger partial charge in [-0.05, 0) is 36.4 Å². The van der Waals surface area contributed by atoms with E-state index < -0.39 is 11.6 Å². The van der Waals surface area contributed by atoms with Crippen LogP contribution in [0.3, 0.4) is 0 Å². The summed E-state index contributed by atoms with van der Waals surface area (Å²) in [5.41, 5.74) is 2.73. The molecule has 0 amide bonds. The first-order valence-corrected chi connectivity index (χ1v) is 10.2. The maximum absolute atomic E-state index is 13.4. The fourth-order valence-electron chi connectivity index (χ4n) is 3.51. The molecule has 0 aliphatic carbocycles. The number of fused-ring (bicyclic) bond motifs is 3. The van der Waals surface area contributed by atoms with Crippen molar-refractivity contribution in [3.63, 3.8) is 0 Å². The van der Waals surface area contributed by atoms with Crippen LogP contribution in [0.5, 0.6) is 5.75 Å². The number of ether oxygens (including phenoxy) is 1. The van der Waals surface area contributed by atoms with Gasteiger partial charge in [-0.1, -0.05) is 53.8 Å². The fourth-order valence-corrected chi connectivity index (χ4v) is 4.53. The number of rotatable bonds is 5. The number of imidazole rings is 1. The average molecular weight is 412 g/mol. The van der Waals surface area contributed by atoms with Crippen LogP contribution in [0.2, 0.25) is 0 Å². The predicted octanol–water partition coefficient (Wildman–Crippen LogP) is 5.29. The summed E-state index contributed by atoms with van der Waals surface area (Å²) in [4.78, 5) is 31.9. The molecular weight excluding hydrogens is 396 g/mol. The molecule has 0 aliphatic rings. The number of aromatic nitrogens is 2. The lowest BCUT2D eigenvalue weighted by molar-refractivity contribution is 0.0814. The van der Waals surface area contributed by atoms with Gasteiger partial charge in [-0.25, -0.2) is 4.98 Å². The van der Waals surface area contributed by atoms with E-state index in [0.29, 0.717) is 22.0 Å². The summed E-state index contributed by atoms with van der Waals surface area (Å²) in [5.74, 6) is -0.427. The van der Waals surface area contributed by atoms with Crippen LogP contribution >= 0.6 is 11.3 Å². The van der Waals surface area contributed by atoms with Crippen LogP contribution in [0.4, 0.5) is 0 Å². The van der Waals surface area contributed by atoms with Gasteiger partial charge >= 0.3 is 0 Å². The molecule has 30 heavy (non-hydrogen) atoms. The zero-order chi connectivity index (χ0) is 20.7. The van der Waals surface area contributed by atoms with E-state index in [1.165, 1.54) is 11.3 Å². The number of ketones is 2. The molecule has 0 radical (unpaired) electrons. The van der Waals surface area contributed by atoms with Crippen LogP contribution in [-0.2, 0) is 0 Å². The van der Waals surface area contributed by atoms with Crippen molar-refractivity contribution >= 4 is 38.1 Å². The Bertz CT molecular complexity index is 1400. The second kappa shape index (κ2) is 7.24. The second-order valence-electron chi connectivity index (χ2n) is 6.75. The molecular formula is C24H16N2O3S. The number of hydrogen-bond acceptors (Lipinski definition) is 5. The van der Waals surface area contributed by atoms with E-state index in [4.69, 9.17) is 9.72 Å². The lowest BCUT2D eigenvalue weighted by Crippen LogP contribution is -2.17. The van der Waals surface area contributed by atoms with Gasteiger partial charge in [0.1, 0.15) is 17.1 Å². The Kier molecular flexibility index (Phi) is 4.41. The van der Waals surface area contributed by atoms with Gasteiger partial charge in [0.25, 0.3) is 5.78 Å². The SMILES string of the molecule is COc1ccc(-c2nc3sc4ccccc4n3c2C(=O)C(=O)c2ccccc2)cc1. The lowest BCUT2D eigenvalue weighted by atomic mass is 10.0. The molecule has 5 rings (SSSR count). The highest BCUT2D eigenvalue weighted by atomic mass is 32.1. The maximum atomic E-state index is 13.4. The number of carbonyl (C=O) groups is 2. The number of benzene rings is 3. The van der Waals surface area contributed by atoms with E-state index in [0.717, 1.165) is 15.8 Å². The zero-order valence-corrected chi connectivity index (χ0v) is 16.8. The van der Waals surface area contributed by atoms with Crippen molar-refractivity contribution in [3.05, 3.63) is 90.1 Å². The van der Waals surface area contributed by atoms with Crippen molar-refractivity contribution in [2.45, 2.75) is 0 Å². The Morgan fingerprint density at radius 1 is 0.867 bits per heavy atom. The molecule has 2 aromatic heterocycles. The van der Waals surface area contributed by atoms with E-state index in [2.05, 4.69) is 0 Å². The Morgan fingerprint density at radius 3 is 2.30 bits per heavy atom. The van der Waals surface area contributed by atoms with E-state index in [1.807, 2.05) is 54.6 Å². The summed E-state index contributed by atoms with van der Waals surface area (Å²) in [6.45, 7) is 0. The van der Waals surface area contributed by atoms with E-state index in [1.54, 1.807) is 35.8 Å². The Morgan fingerprint density at radius 2 is 1.57 bits per heavy atom. The summed E-state index contributed by atoms with van der Waals surface area (Å²) in [5, 5.41) is 0. The molecule has 0 spiro atoms. The highest BCUT2D eigenvalue weighted by molar-refractivity contribution is 7.23. The molecule has 0 saturated heterocycles. The monoisotopic (exact) mass is 412 g/mol. The minimum Gasteiger partial charge on any atom is -0.497 e. The van der Waals surface area contributed by atoms with E-state index in [9.17, 15) is 9.59 Å². The molecule has 0 unspecified atom stereocenters. The predicted molar refractivity (Wildman–Crippen MR) is 118 cm³/mol. The number of thiazole rings is 1. The first-order chi connectivity index (χ1) is 14.7.